The molecular weight excluding hydrogens is 418 g/mol. The molecule has 176 valence electrons. The lowest BCUT2D eigenvalue weighted by atomic mass is 9.98. The Morgan fingerprint density at radius 3 is 1.65 bits per heavy atom. The summed E-state index contributed by atoms with van der Waals surface area (Å²) in [6.07, 6.45) is -7.64. The van der Waals surface area contributed by atoms with Gasteiger partial charge in [0.1, 0.15) is 12.7 Å². The van der Waals surface area contributed by atoms with Crippen molar-refractivity contribution in [3.05, 3.63) is 0 Å². The van der Waals surface area contributed by atoms with E-state index in [-0.39, 0.29) is 0 Å². The van der Waals surface area contributed by atoms with Gasteiger partial charge in [-0.05, 0) is 13.8 Å². The smallest absolute Gasteiger partial charge is 0.412 e. The fourth-order valence-corrected chi connectivity index (χ4v) is 2.94. The van der Waals surface area contributed by atoms with Crippen LogP contribution in [0.3, 0.4) is 0 Å². The van der Waals surface area contributed by atoms with E-state index in [1.807, 2.05) is 0 Å². The van der Waals surface area contributed by atoms with Gasteiger partial charge in [0.2, 0.25) is 12.4 Å². The van der Waals surface area contributed by atoms with Gasteiger partial charge in [0, 0.05) is 40.8 Å². The van der Waals surface area contributed by atoms with Crippen molar-refractivity contribution in [2.24, 2.45) is 0 Å². The third kappa shape index (κ3) is 8.04. The van der Waals surface area contributed by atoms with Gasteiger partial charge in [0.15, 0.2) is 12.2 Å². The highest BCUT2D eigenvalue weighted by atomic mass is 16.8. The van der Waals surface area contributed by atoms with Crippen molar-refractivity contribution in [3.63, 3.8) is 0 Å². The van der Waals surface area contributed by atoms with Crippen LogP contribution in [0.1, 0.15) is 41.5 Å². The van der Waals surface area contributed by atoms with Crippen LogP contribution in [0.15, 0.2) is 0 Å². The van der Waals surface area contributed by atoms with Crippen LogP contribution in [0.2, 0.25) is 0 Å². The molecule has 0 spiro atoms. The SMILES string of the molecule is CCN(CC)C(=O)OC1O[C@H](COC(C)=O)[C@@H](OC(C)=O)[C@H](OC(C)=O)[C@H]1OC(C)=O. The molecule has 0 aromatic carbocycles. The molecule has 5 atom stereocenters. The summed E-state index contributed by atoms with van der Waals surface area (Å²) in [6, 6.07) is 0. The number of esters is 4. The molecule has 1 aliphatic rings. The van der Waals surface area contributed by atoms with Crippen LogP contribution in [0.4, 0.5) is 4.79 Å². The molecule has 1 saturated heterocycles. The van der Waals surface area contributed by atoms with Crippen molar-refractivity contribution in [1.82, 2.24) is 4.90 Å². The van der Waals surface area contributed by atoms with Gasteiger partial charge in [-0.3, -0.25) is 19.2 Å². The Morgan fingerprint density at radius 1 is 0.710 bits per heavy atom. The molecule has 1 aliphatic heterocycles. The van der Waals surface area contributed by atoms with Crippen LogP contribution in [0.25, 0.3) is 0 Å². The van der Waals surface area contributed by atoms with Crippen molar-refractivity contribution in [2.45, 2.75) is 72.2 Å². The highest BCUT2D eigenvalue weighted by molar-refractivity contribution is 5.69. The lowest BCUT2D eigenvalue weighted by molar-refractivity contribution is -0.295. The first-order valence-electron chi connectivity index (χ1n) is 9.76. The van der Waals surface area contributed by atoms with Gasteiger partial charge >= 0.3 is 30.0 Å². The minimum Gasteiger partial charge on any atom is -0.463 e. The molecule has 0 aliphatic carbocycles. The highest BCUT2D eigenvalue weighted by Gasteiger charge is 2.54. The minimum absolute atomic E-state index is 0.334. The summed E-state index contributed by atoms with van der Waals surface area (Å²) in [6.45, 7) is 8.20. The van der Waals surface area contributed by atoms with E-state index in [0.29, 0.717) is 13.1 Å². The average Bonchev–Trinajstić information content (AvgIpc) is 2.64. The summed E-state index contributed by atoms with van der Waals surface area (Å²) in [7, 11) is 0. The van der Waals surface area contributed by atoms with Crippen molar-refractivity contribution >= 4 is 30.0 Å². The summed E-state index contributed by atoms with van der Waals surface area (Å²) < 4.78 is 31.7. The van der Waals surface area contributed by atoms with E-state index in [1.54, 1.807) is 13.8 Å². The molecule has 1 amide bonds. The predicted molar refractivity (Wildman–Crippen MR) is 101 cm³/mol. The first-order valence-corrected chi connectivity index (χ1v) is 9.76. The van der Waals surface area contributed by atoms with Crippen molar-refractivity contribution in [1.29, 1.82) is 0 Å². The zero-order valence-corrected chi connectivity index (χ0v) is 18.4. The van der Waals surface area contributed by atoms with Gasteiger partial charge in [-0.1, -0.05) is 0 Å². The normalized spacial score (nSPS) is 25.0. The average molecular weight is 447 g/mol. The van der Waals surface area contributed by atoms with Crippen LogP contribution >= 0.6 is 0 Å². The number of rotatable bonds is 8. The Morgan fingerprint density at radius 2 is 1.19 bits per heavy atom. The van der Waals surface area contributed by atoms with Gasteiger partial charge in [0.05, 0.1) is 0 Å². The monoisotopic (exact) mass is 447 g/mol. The summed E-state index contributed by atoms with van der Waals surface area (Å²) in [5.41, 5.74) is 0. The lowest BCUT2D eigenvalue weighted by Gasteiger charge is -2.43. The molecular formula is C19H29NO11. The van der Waals surface area contributed by atoms with Crippen LogP contribution in [-0.2, 0) is 47.6 Å². The number of hydrogen-bond donors (Lipinski definition) is 0. The molecule has 0 radical (unpaired) electrons. The summed E-state index contributed by atoms with van der Waals surface area (Å²) >= 11 is 0. The molecule has 1 unspecified atom stereocenters. The molecule has 0 saturated carbocycles. The van der Waals surface area contributed by atoms with E-state index in [2.05, 4.69) is 0 Å². The third-order valence-corrected chi connectivity index (χ3v) is 4.19. The van der Waals surface area contributed by atoms with E-state index in [4.69, 9.17) is 28.4 Å². The number of hydrogen-bond acceptors (Lipinski definition) is 11. The predicted octanol–water partition coefficient (Wildman–Crippen LogP) is 0.548. The fraction of sp³-hybridized carbons (Fsp3) is 0.737. The van der Waals surface area contributed by atoms with E-state index in [9.17, 15) is 24.0 Å². The number of carbonyl (C=O) groups excluding carboxylic acids is 5. The summed E-state index contributed by atoms with van der Waals surface area (Å²) in [5, 5.41) is 0. The number of amides is 1. The van der Waals surface area contributed by atoms with Gasteiger partial charge in [-0.2, -0.15) is 0 Å². The van der Waals surface area contributed by atoms with Crippen molar-refractivity contribution in [2.75, 3.05) is 19.7 Å². The Kier molecular flexibility index (Phi) is 10.2. The van der Waals surface area contributed by atoms with E-state index in [0.717, 1.165) is 27.7 Å². The lowest BCUT2D eigenvalue weighted by Crippen LogP contribution is -2.63. The van der Waals surface area contributed by atoms with Gasteiger partial charge < -0.3 is 33.3 Å². The molecule has 12 nitrogen and oxygen atoms in total. The van der Waals surface area contributed by atoms with Crippen LogP contribution in [-0.4, -0.2) is 85.3 Å². The number of carbonyl (C=O) groups is 5. The summed E-state index contributed by atoms with van der Waals surface area (Å²) in [5.74, 6) is -2.96. The van der Waals surface area contributed by atoms with Crippen molar-refractivity contribution in [3.8, 4) is 0 Å². The molecule has 0 bridgehead atoms. The highest BCUT2D eigenvalue weighted by Crippen LogP contribution is 2.30. The van der Waals surface area contributed by atoms with Crippen LogP contribution < -0.4 is 0 Å². The third-order valence-electron chi connectivity index (χ3n) is 4.19. The molecule has 1 rings (SSSR count). The molecule has 0 N–H and O–H groups in total. The molecule has 1 fully saturated rings. The van der Waals surface area contributed by atoms with Crippen LogP contribution in [0.5, 0.6) is 0 Å². The topological polar surface area (TPSA) is 144 Å². The fourth-order valence-electron chi connectivity index (χ4n) is 2.94. The zero-order valence-electron chi connectivity index (χ0n) is 18.4. The number of ether oxygens (including phenoxy) is 6. The van der Waals surface area contributed by atoms with E-state index in [1.165, 1.54) is 4.90 Å². The maximum atomic E-state index is 12.5. The maximum Gasteiger partial charge on any atom is 0.412 e. The van der Waals surface area contributed by atoms with Gasteiger partial charge in [0.25, 0.3) is 0 Å². The maximum absolute atomic E-state index is 12.5. The first kappa shape index (κ1) is 26.1. The molecule has 0 aromatic heterocycles. The van der Waals surface area contributed by atoms with Crippen LogP contribution in [0, 0.1) is 0 Å². The Labute approximate surface area is 180 Å². The second-order valence-corrected chi connectivity index (χ2v) is 6.62. The first-order chi connectivity index (χ1) is 14.5. The van der Waals surface area contributed by atoms with Gasteiger partial charge in [-0.15, -0.1) is 0 Å². The van der Waals surface area contributed by atoms with Crippen molar-refractivity contribution < 1.29 is 52.4 Å². The molecule has 31 heavy (non-hydrogen) atoms. The standard InChI is InChI=1S/C19H29NO11/c1-7-20(8-2)19(25)31-18-17(29-13(6)24)16(28-12(5)23)15(27-11(4)22)14(30-18)9-26-10(3)21/h14-18H,7-9H2,1-6H3/t14-,15-,16+,17-,18?/m1/s1. The largest absolute Gasteiger partial charge is 0.463 e. The quantitative estimate of drug-likeness (QED) is 0.380. The minimum atomic E-state index is -1.53. The summed E-state index contributed by atoms with van der Waals surface area (Å²) in [4.78, 5) is 60.2. The molecule has 12 heteroatoms. The Balaban J connectivity index is 3.35. The number of nitrogens with zero attached hydrogens (tertiary/aromatic N) is 1. The van der Waals surface area contributed by atoms with Gasteiger partial charge in [-0.25, -0.2) is 4.79 Å². The second-order valence-electron chi connectivity index (χ2n) is 6.62. The second kappa shape index (κ2) is 12.1. The molecule has 1 heterocycles. The Bertz CT molecular complexity index is 676. The van der Waals surface area contributed by atoms with E-state index >= 15 is 0 Å². The Hall–Kier alpha value is -2.89. The molecule has 0 aromatic rings. The van der Waals surface area contributed by atoms with E-state index < -0.39 is 67.3 Å². The zero-order chi connectivity index (χ0) is 23.7.